The number of amides is 1. The molecule has 112 valence electrons. The number of nitrogens with one attached hydrogen (secondary N) is 2. The van der Waals surface area contributed by atoms with Crippen LogP contribution in [0.2, 0.25) is 5.02 Å². The number of hydrogen-bond donors (Lipinski definition) is 2. The van der Waals surface area contributed by atoms with Gasteiger partial charge < -0.3 is 20.1 Å². The van der Waals surface area contributed by atoms with Gasteiger partial charge in [0.15, 0.2) is 0 Å². The van der Waals surface area contributed by atoms with Gasteiger partial charge in [-0.2, -0.15) is 0 Å². The molecule has 2 N–H and O–H groups in total. The molecular weight excluding hydrogens is 303 g/mol. The van der Waals surface area contributed by atoms with Crippen molar-refractivity contribution in [2.45, 2.75) is 12.6 Å². The molecule has 0 bridgehead atoms. The van der Waals surface area contributed by atoms with Crippen molar-refractivity contribution >= 4 is 29.9 Å². The molecule has 0 aromatic heterocycles. The van der Waals surface area contributed by atoms with Gasteiger partial charge in [0.05, 0.1) is 20.3 Å². The molecule has 1 aromatic carbocycles. The minimum absolute atomic E-state index is 0. The largest absolute Gasteiger partial charge is 0.496 e. The zero-order valence-electron chi connectivity index (χ0n) is 11.1. The Balaban J connectivity index is 0.00000200. The Morgan fingerprint density at radius 3 is 3.05 bits per heavy atom. The van der Waals surface area contributed by atoms with E-state index < -0.39 is 0 Å². The van der Waals surface area contributed by atoms with Gasteiger partial charge in [-0.05, 0) is 12.1 Å². The highest BCUT2D eigenvalue weighted by Gasteiger charge is 2.21. The lowest BCUT2D eigenvalue weighted by Gasteiger charge is -2.23. The van der Waals surface area contributed by atoms with E-state index in [4.69, 9.17) is 21.1 Å². The summed E-state index contributed by atoms with van der Waals surface area (Å²) in [4.78, 5) is 11.9. The molecule has 1 heterocycles. The number of carbonyl (C=O) groups excluding carboxylic acids is 1. The van der Waals surface area contributed by atoms with E-state index in [1.807, 2.05) is 12.1 Å². The van der Waals surface area contributed by atoms with E-state index in [-0.39, 0.29) is 24.4 Å². The van der Waals surface area contributed by atoms with Crippen LogP contribution in [0, 0.1) is 0 Å². The van der Waals surface area contributed by atoms with Gasteiger partial charge in [0.25, 0.3) is 0 Å². The Labute approximate surface area is 129 Å². The lowest BCUT2D eigenvalue weighted by molar-refractivity contribution is -0.126. The van der Waals surface area contributed by atoms with Crippen LogP contribution in [0.25, 0.3) is 0 Å². The fourth-order valence-corrected chi connectivity index (χ4v) is 2.17. The summed E-state index contributed by atoms with van der Waals surface area (Å²) in [6.45, 7) is 2.06. The molecule has 1 fully saturated rings. The van der Waals surface area contributed by atoms with Gasteiger partial charge in [-0.15, -0.1) is 12.4 Å². The molecule has 20 heavy (non-hydrogen) atoms. The van der Waals surface area contributed by atoms with Gasteiger partial charge in [0.2, 0.25) is 5.91 Å². The summed E-state index contributed by atoms with van der Waals surface area (Å²) < 4.78 is 10.5. The third kappa shape index (κ3) is 4.24. The highest BCUT2D eigenvalue weighted by molar-refractivity contribution is 6.31. The number of hydrogen-bond acceptors (Lipinski definition) is 4. The van der Waals surface area contributed by atoms with E-state index in [0.717, 1.165) is 5.56 Å². The van der Waals surface area contributed by atoms with Crippen LogP contribution in [0.3, 0.4) is 0 Å². The van der Waals surface area contributed by atoms with Gasteiger partial charge >= 0.3 is 0 Å². The molecule has 0 spiro atoms. The van der Waals surface area contributed by atoms with Crippen LogP contribution < -0.4 is 15.4 Å². The van der Waals surface area contributed by atoms with Crippen molar-refractivity contribution in [2.24, 2.45) is 0 Å². The standard InChI is InChI=1S/C13H17ClN2O3.ClH/c1-18-12-4-2-3-10(14)9(12)7-16-13(17)11-8-19-6-5-15-11;/h2-4,11,15H,5-8H2,1H3,(H,16,17);1H. The van der Waals surface area contributed by atoms with E-state index in [2.05, 4.69) is 10.6 Å². The summed E-state index contributed by atoms with van der Waals surface area (Å²) in [6.07, 6.45) is 0. The third-order valence-corrected chi connectivity index (χ3v) is 3.33. The lowest BCUT2D eigenvalue weighted by atomic mass is 10.2. The van der Waals surface area contributed by atoms with Crippen LogP contribution >= 0.6 is 24.0 Å². The molecule has 2 rings (SSSR count). The van der Waals surface area contributed by atoms with Gasteiger partial charge in [-0.3, -0.25) is 4.79 Å². The molecule has 1 atom stereocenters. The van der Waals surface area contributed by atoms with Crippen LogP contribution in [-0.2, 0) is 16.1 Å². The second-order valence-corrected chi connectivity index (χ2v) is 4.63. The summed E-state index contributed by atoms with van der Waals surface area (Å²) in [5, 5.41) is 6.51. The van der Waals surface area contributed by atoms with Crippen molar-refractivity contribution in [1.29, 1.82) is 0 Å². The highest BCUT2D eigenvalue weighted by atomic mass is 35.5. The normalized spacial score (nSPS) is 18.0. The predicted octanol–water partition coefficient (Wildman–Crippen LogP) is 1.37. The Bertz CT molecular complexity index is 451. The van der Waals surface area contributed by atoms with E-state index in [1.165, 1.54) is 0 Å². The maximum Gasteiger partial charge on any atom is 0.239 e. The first-order chi connectivity index (χ1) is 9.22. The number of benzene rings is 1. The van der Waals surface area contributed by atoms with E-state index in [9.17, 15) is 4.79 Å². The van der Waals surface area contributed by atoms with Crippen molar-refractivity contribution < 1.29 is 14.3 Å². The molecule has 1 unspecified atom stereocenters. The first-order valence-corrected chi connectivity index (χ1v) is 6.50. The first kappa shape index (κ1) is 17.0. The second kappa shape index (κ2) is 8.32. The number of ether oxygens (including phenoxy) is 2. The minimum Gasteiger partial charge on any atom is -0.496 e. The maximum atomic E-state index is 11.9. The molecule has 7 heteroatoms. The Morgan fingerprint density at radius 2 is 2.40 bits per heavy atom. The quantitative estimate of drug-likeness (QED) is 0.879. The number of halogens is 2. The fourth-order valence-electron chi connectivity index (χ4n) is 1.93. The average molecular weight is 321 g/mol. The average Bonchev–Trinajstić information content (AvgIpc) is 2.46. The van der Waals surface area contributed by atoms with Crippen LogP contribution in [0.1, 0.15) is 5.56 Å². The topological polar surface area (TPSA) is 59.6 Å². The summed E-state index contributed by atoms with van der Waals surface area (Å²) >= 11 is 6.11. The SMILES string of the molecule is COc1cccc(Cl)c1CNC(=O)C1COCCN1.Cl. The number of morpholine rings is 1. The van der Waals surface area contributed by atoms with E-state index >= 15 is 0 Å². The van der Waals surface area contributed by atoms with Crippen LogP contribution in [0.5, 0.6) is 5.75 Å². The molecule has 1 aliphatic rings. The highest BCUT2D eigenvalue weighted by Crippen LogP contribution is 2.25. The smallest absolute Gasteiger partial charge is 0.239 e. The zero-order valence-corrected chi connectivity index (χ0v) is 12.7. The number of rotatable bonds is 4. The molecule has 1 saturated heterocycles. The van der Waals surface area contributed by atoms with Crippen molar-refractivity contribution in [3.8, 4) is 5.75 Å². The van der Waals surface area contributed by atoms with E-state index in [0.29, 0.717) is 37.1 Å². The molecule has 0 aliphatic carbocycles. The summed E-state index contributed by atoms with van der Waals surface area (Å²) in [6, 6.07) is 5.09. The summed E-state index contributed by atoms with van der Waals surface area (Å²) in [5.74, 6) is 0.572. The Morgan fingerprint density at radius 1 is 1.60 bits per heavy atom. The van der Waals surface area contributed by atoms with Crippen molar-refractivity contribution in [2.75, 3.05) is 26.9 Å². The Kier molecular flexibility index (Phi) is 7.09. The summed E-state index contributed by atoms with van der Waals surface area (Å²) in [5.41, 5.74) is 0.775. The fraction of sp³-hybridized carbons (Fsp3) is 0.462. The Hall–Kier alpha value is -1.01. The van der Waals surface area contributed by atoms with Gasteiger partial charge in [-0.1, -0.05) is 17.7 Å². The van der Waals surface area contributed by atoms with Crippen molar-refractivity contribution in [3.63, 3.8) is 0 Å². The lowest BCUT2D eigenvalue weighted by Crippen LogP contribution is -2.51. The number of methoxy groups -OCH3 is 1. The van der Waals surface area contributed by atoms with E-state index in [1.54, 1.807) is 13.2 Å². The zero-order chi connectivity index (χ0) is 13.7. The van der Waals surface area contributed by atoms with Crippen molar-refractivity contribution in [3.05, 3.63) is 28.8 Å². The molecule has 1 aliphatic heterocycles. The minimum atomic E-state index is -0.303. The third-order valence-electron chi connectivity index (χ3n) is 2.97. The molecule has 5 nitrogen and oxygen atoms in total. The van der Waals surface area contributed by atoms with Gasteiger partial charge in [0, 0.05) is 23.7 Å². The predicted molar refractivity (Wildman–Crippen MR) is 79.7 cm³/mol. The monoisotopic (exact) mass is 320 g/mol. The van der Waals surface area contributed by atoms with Crippen LogP contribution in [-0.4, -0.2) is 38.8 Å². The molecule has 1 aromatic rings. The van der Waals surface area contributed by atoms with Crippen LogP contribution in [0.4, 0.5) is 0 Å². The second-order valence-electron chi connectivity index (χ2n) is 4.22. The molecule has 0 saturated carbocycles. The number of carbonyl (C=O) groups is 1. The van der Waals surface area contributed by atoms with Crippen molar-refractivity contribution in [1.82, 2.24) is 10.6 Å². The van der Waals surface area contributed by atoms with Gasteiger partial charge in [-0.25, -0.2) is 0 Å². The van der Waals surface area contributed by atoms with Crippen LogP contribution in [0.15, 0.2) is 18.2 Å². The summed E-state index contributed by atoms with van der Waals surface area (Å²) in [7, 11) is 1.58. The molecule has 1 amide bonds. The first-order valence-electron chi connectivity index (χ1n) is 6.12. The van der Waals surface area contributed by atoms with Gasteiger partial charge in [0.1, 0.15) is 11.8 Å². The molecule has 0 radical (unpaired) electrons. The molecular formula is C13H18Cl2N2O3. The maximum absolute atomic E-state index is 11.9.